The Kier molecular flexibility index (Phi) is 6.27. The molecule has 0 atom stereocenters. The van der Waals surface area contributed by atoms with Crippen LogP contribution in [0.5, 0.6) is 0 Å². The summed E-state index contributed by atoms with van der Waals surface area (Å²) >= 11 is 0. The molecular weight excluding hydrogens is 416 g/mol. The van der Waals surface area contributed by atoms with Crippen molar-refractivity contribution in [3.8, 4) is 29.3 Å². The van der Waals surface area contributed by atoms with E-state index in [4.69, 9.17) is 10.1 Å². The zero-order valence-corrected chi connectivity index (χ0v) is 18.8. The number of aryl methyl sites for hydroxylation is 1. The third kappa shape index (κ3) is 4.37. The van der Waals surface area contributed by atoms with Crippen molar-refractivity contribution in [3.05, 3.63) is 58.8 Å². The fraction of sp³-hybridized carbons (Fsp3) is 0.348. The van der Waals surface area contributed by atoms with Crippen molar-refractivity contribution in [1.82, 2.24) is 40.0 Å². The topological polar surface area (TPSA) is 138 Å². The van der Waals surface area contributed by atoms with Crippen molar-refractivity contribution >= 4 is 0 Å². The molecule has 0 fully saturated rings. The second-order valence-electron chi connectivity index (χ2n) is 8.07. The molecule has 0 bridgehead atoms. The third-order valence-electron chi connectivity index (χ3n) is 5.37. The van der Waals surface area contributed by atoms with E-state index in [1.54, 1.807) is 4.57 Å². The van der Waals surface area contributed by atoms with Gasteiger partial charge in [-0.1, -0.05) is 39.3 Å². The molecule has 3 heterocycles. The molecule has 4 rings (SSSR count). The van der Waals surface area contributed by atoms with E-state index >= 15 is 0 Å². The van der Waals surface area contributed by atoms with E-state index in [1.165, 1.54) is 6.07 Å². The highest BCUT2D eigenvalue weighted by molar-refractivity contribution is 5.67. The Morgan fingerprint density at radius 1 is 1.12 bits per heavy atom. The minimum atomic E-state index is 0.269. The highest BCUT2D eigenvalue weighted by atomic mass is 15.5. The highest BCUT2D eigenvalue weighted by Crippen LogP contribution is 2.28. The molecule has 0 unspecified atom stereocenters. The van der Waals surface area contributed by atoms with Gasteiger partial charge < -0.3 is 0 Å². The van der Waals surface area contributed by atoms with Gasteiger partial charge in [-0.05, 0) is 40.6 Å². The van der Waals surface area contributed by atoms with Gasteiger partial charge in [0.2, 0.25) is 0 Å². The van der Waals surface area contributed by atoms with E-state index in [0.717, 1.165) is 42.2 Å². The Morgan fingerprint density at radius 2 is 1.91 bits per heavy atom. The van der Waals surface area contributed by atoms with Gasteiger partial charge in [-0.25, -0.2) is 14.8 Å². The maximum absolute atomic E-state index is 9.65. The molecule has 10 nitrogen and oxygen atoms in total. The molecule has 0 saturated carbocycles. The first-order valence-corrected chi connectivity index (χ1v) is 10.9. The van der Waals surface area contributed by atoms with E-state index in [-0.39, 0.29) is 5.92 Å². The number of hydrogen-bond acceptors (Lipinski definition) is 7. The van der Waals surface area contributed by atoms with Gasteiger partial charge in [0.05, 0.1) is 12.1 Å². The van der Waals surface area contributed by atoms with Crippen LogP contribution in [-0.4, -0.2) is 40.0 Å². The van der Waals surface area contributed by atoms with Crippen molar-refractivity contribution in [2.24, 2.45) is 0 Å². The van der Waals surface area contributed by atoms with Crippen LogP contribution in [0.2, 0.25) is 0 Å². The summed E-state index contributed by atoms with van der Waals surface area (Å²) in [6, 6.07) is 13.6. The Bertz CT molecular complexity index is 1310. The molecule has 33 heavy (non-hydrogen) atoms. The number of unbranched alkanes of at least 4 members (excludes halogenated alkanes) is 1. The molecule has 0 aliphatic heterocycles. The Morgan fingerprint density at radius 3 is 2.52 bits per heavy atom. The van der Waals surface area contributed by atoms with Crippen LogP contribution in [0.3, 0.4) is 0 Å². The van der Waals surface area contributed by atoms with Crippen molar-refractivity contribution in [2.75, 3.05) is 0 Å². The molecule has 166 valence electrons. The number of H-pyrrole nitrogens is 1. The van der Waals surface area contributed by atoms with E-state index < -0.39 is 0 Å². The monoisotopic (exact) mass is 440 g/mol. The van der Waals surface area contributed by atoms with Crippen molar-refractivity contribution in [2.45, 2.75) is 52.5 Å². The Labute approximate surface area is 191 Å². The lowest BCUT2D eigenvalue weighted by Crippen LogP contribution is -2.08. The number of hydrogen-bond donors (Lipinski definition) is 1. The molecule has 0 amide bonds. The van der Waals surface area contributed by atoms with Crippen LogP contribution in [0.15, 0.2) is 30.3 Å². The molecule has 0 aliphatic carbocycles. The first-order chi connectivity index (χ1) is 16.0. The van der Waals surface area contributed by atoms with Gasteiger partial charge in [0.1, 0.15) is 29.4 Å². The number of nitrogens with one attached hydrogen (secondary N) is 1. The van der Waals surface area contributed by atoms with Gasteiger partial charge >= 0.3 is 0 Å². The van der Waals surface area contributed by atoms with Gasteiger partial charge in [0, 0.05) is 18.0 Å². The predicted molar refractivity (Wildman–Crippen MR) is 120 cm³/mol. The summed E-state index contributed by atoms with van der Waals surface area (Å²) in [4.78, 5) is 4.74. The zero-order chi connectivity index (χ0) is 23.4. The Hall–Kier alpha value is -4.31. The fourth-order valence-electron chi connectivity index (χ4n) is 3.65. The number of benzene rings is 1. The second-order valence-corrected chi connectivity index (χ2v) is 8.07. The first-order valence-electron chi connectivity index (χ1n) is 10.9. The van der Waals surface area contributed by atoms with E-state index in [1.807, 2.05) is 28.9 Å². The summed E-state index contributed by atoms with van der Waals surface area (Å²) in [6.45, 7) is 6.97. The molecule has 0 aliphatic rings. The Balaban J connectivity index is 1.68. The first kappa shape index (κ1) is 21.9. The summed E-state index contributed by atoms with van der Waals surface area (Å²) in [7, 11) is 0. The SMILES string of the molecule is CCCCc1nc(C(C)C)nn1Cc1ccc(-n2c(C#N)cc(C#N)c2-c2nnn[nH]2)cc1. The van der Waals surface area contributed by atoms with Crippen LogP contribution in [-0.2, 0) is 13.0 Å². The van der Waals surface area contributed by atoms with Crippen LogP contribution in [0.25, 0.3) is 17.2 Å². The van der Waals surface area contributed by atoms with Crippen LogP contribution < -0.4 is 0 Å². The number of aromatic nitrogens is 8. The number of tetrazole rings is 1. The summed E-state index contributed by atoms with van der Waals surface area (Å²) in [6.07, 6.45) is 3.07. The minimum Gasteiger partial charge on any atom is -0.297 e. The molecule has 10 heteroatoms. The van der Waals surface area contributed by atoms with Crippen LogP contribution in [0.4, 0.5) is 0 Å². The number of nitrogens with zero attached hydrogens (tertiary/aromatic N) is 9. The van der Waals surface area contributed by atoms with E-state index in [0.29, 0.717) is 29.3 Å². The molecule has 0 spiro atoms. The summed E-state index contributed by atoms with van der Waals surface area (Å²) in [5.41, 5.74) is 2.89. The van der Waals surface area contributed by atoms with Crippen molar-refractivity contribution < 1.29 is 0 Å². The molecule has 4 aromatic rings. The number of nitriles is 2. The predicted octanol–water partition coefficient (Wildman–Crippen LogP) is 3.51. The maximum atomic E-state index is 9.65. The lowest BCUT2D eigenvalue weighted by molar-refractivity contribution is 0.610. The minimum absolute atomic E-state index is 0.269. The summed E-state index contributed by atoms with van der Waals surface area (Å²) in [5, 5.41) is 37.8. The van der Waals surface area contributed by atoms with E-state index in [9.17, 15) is 10.5 Å². The highest BCUT2D eigenvalue weighted by Gasteiger charge is 2.21. The maximum Gasteiger partial charge on any atom is 0.197 e. The van der Waals surface area contributed by atoms with Crippen LogP contribution in [0.1, 0.15) is 68.0 Å². The largest absolute Gasteiger partial charge is 0.297 e. The van der Waals surface area contributed by atoms with Crippen molar-refractivity contribution in [3.63, 3.8) is 0 Å². The van der Waals surface area contributed by atoms with Crippen molar-refractivity contribution in [1.29, 1.82) is 10.5 Å². The molecular formula is C23H24N10. The number of aromatic amines is 1. The third-order valence-corrected chi connectivity index (χ3v) is 5.37. The lowest BCUT2D eigenvalue weighted by Gasteiger charge is -2.11. The van der Waals surface area contributed by atoms with Gasteiger partial charge in [0.15, 0.2) is 11.6 Å². The second kappa shape index (κ2) is 9.45. The number of rotatable bonds is 8. The average molecular weight is 441 g/mol. The fourth-order valence-corrected chi connectivity index (χ4v) is 3.65. The van der Waals surface area contributed by atoms with Crippen LogP contribution in [0, 0.1) is 22.7 Å². The quantitative estimate of drug-likeness (QED) is 0.442. The molecule has 1 aromatic carbocycles. The van der Waals surface area contributed by atoms with Gasteiger partial charge in [-0.15, -0.1) is 5.10 Å². The van der Waals surface area contributed by atoms with E-state index in [2.05, 4.69) is 53.5 Å². The van der Waals surface area contributed by atoms with Crippen LogP contribution >= 0.6 is 0 Å². The average Bonchev–Trinajstić information content (AvgIpc) is 3.56. The zero-order valence-electron chi connectivity index (χ0n) is 18.8. The molecule has 1 N–H and O–H groups in total. The smallest absolute Gasteiger partial charge is 0.197 e. The van der Waals surface area contributed by atoms with Gasteiger partial charge in [-0.3, -0.25) is 4.57 Å². The van der Waals surface area contributed by atoms with Gasteiger partial charge in [0.25, 0.3) is 0 Å². The lowest BCUT2D eigenvalue weighted by atomic mass is 10.2. The molecule has 0 radical (unpaired) electrons. The summed E-state index contributed by atoms with van der Waals surface area (Å²) in [5.74, 6) is 2.45. The summed E-state index contributed by atoms with van der Waals surface area (Å²) < 4.78 is 3.67. The standard InChI is InChI=1S/C23H24N10/c1-4-5-6-20-26-22(15(2)3)29-32(20)14-16-7-9-18(10-8-16)33-19(13-25)11-17(12-24)21(33)23-27-30-31-28-23/h7-11,15H,4-6,14H2,1-3H3,(H,27,28,30,31). The van der Waals surface area contributed by atoms with Gasteiger partial charge in [-0.2, -0.15) is 15.6 Å². The molecule has 0 saturated heterocycles. The normalized spacial score (nSPS) is 11.0. The molecule has 3 aromatic heterocycles.